The van der Waals surface area contributed by atoms with Crippen LogP contribution in [0.25, 0.3) is 0 Å². The highest BCUT2D eigenvalue weighted by Crippen LogP contribution is 2.25. The summed E-state index contributed by atoms with van der Waals surface area (Å²) in [5, 5.41) is 9.56. The SMILES string of the molecule is CCC(Oc1ccccc1Cl)C(=O)Nc1n[nH]c(C)n1. The van der Waals surface area contributed by atoms with Crippen molar-refractivity contribution in [2.24, 2.45) is 0 Å². The zero-order valence-electron chi connectivity index (χ0n) is 11.2. The molecule has 0 radical (unpaired) electrons. The lowest BCUT2D eigenvalue weighted by molar-refractivity contribution is -0.122. The van der Waals surface area contributed by atoms with Crippen LogP contribution < -0.4 is 10.1 Å². The topological polar surface area (TPSA) is 79.9 Å². The number of anilines is 1. The van der Waals surface area contributed by atoms with Crippen LogP contribution in [0.5, 0.6) is 5.75 Å². The summed E-state index contributed by atoms with van der Waals surface area (Å²) in [6.07, 6.45) is -0.158. The number of nitrogens with zero attached hydrogens (tertiary/aromatic N) is 2. The van der Waals surface area contributed by atoms with E-state index in [1.54, 1.807) is 31.2 Å². The number of aryl methyl sites for hydroxylation is 1. The molecule has 106 valence electrons. The van der Waals surface area contributed by atoms with Gasteiger partial charge >= 0.3 is 0 Å². The molecule has 2 aromatic rings. The molecule has 0 saturated carbocycles. The van der Waals surface area contributed by atoms with Crippen LogP contribution in [0, 0.1) is 6.92 Å². The number of hydrogen-bond donors (Lipinski definition) is 2. The quantitative estimate of drug-likeness (QED) is 0.888. The van der Waals surface area contributed by atoms with Crippen molar-refractivity contribution >= 4 is 23.5 Å². The van der Waals surface area contributed by atoms with E-state index in [0.29, 0.717) is 23.0 Å². The maximum Gasteiger partial charge on any atom is 0.267 e. The largest absolute Gasteiger partial charge is 0.479 e. The van der Waals surface area contributed by atoms with E-state index in [-0.39, 0.29) is 11.9 Å². The van der Waals surface area contributed by atoms with Gasteiger partial charge in [0.15, 0.2) is 6.10 Å². The van der Waals surface area contributed by atoms with E-state index < -0.39 is 6.10 Å². The monoisotopic (exact) mass is 294 g/mol. The molecule has 0 aliphatic rings. The Bertz CT molecular complexity index is 600. The molecule has 0 fully saturated rings. The molecular weight excluding hydrogens is 280 g/mol. The number of para-hydroxylation sites is 1. The maximum atomic E-state index is 12.1. The van der Waals surface area contributed by atoms with Crippen molar-refractivity contribution in [1.29, 1.82) is 0 Å². The number of rotatable bonds is 5. The second kappa shape index (κ2) is 6.38. The fourth-order valence-electron chi connectivity index (χ4n) is 1.61. The molecule has 0 bridgehead atoms. The summed E-state index contributed by atoms with van der Waals surface area (Å²) in [4.78, 5) is 16.1. The van der Waals surface area contributed by atoms with Crippen LogP contribution in [-0.2, 0) is 4.79 Å². The summed E-state index contributed by atoms with van der Waals surface area (Å²) in [6.45, 7) is 3.60. The summed E-state index contributed by atoms with van der Waals surface area (Å²) >= 11 is 6.01. The molecule has 0 saturated heterocycles. The first-order chi connectivity index (χ1) is 9.60. The molecule has 6 nitrogen and oxygen atoms in total. The molecule has 2 rings (SSSR count). The molecule has 0 aliphatic heterocycles. The Morgan fingerprint density at radius 2 is 2.25 bits per heavy atom. The van der Waals surface area contributed by atoms with Gasteiger partial charge in [0.2, 0.25) is 5.95 Å². The number of hydrogen-bond acceptors (Lipinski definition) is 4. The van der Waals surface area contributed by atoms with Gasteiger partial charge in [-0.15, -0.1) is 5.10 Å². The lowest BCUT2D eigenvalue weighted by atomic mass is 10.2. The number of amides is 1. The summed E-state index contributed by atoms with van der Waals surface area (Å²) in [5.74, 6) is 1.02. The number of benzene rings is 1. The van der Waals surface area contributed by atoms with E-state index >= 15 is 0 Å². The fraction of sp³-hybridized carbons (Fsp3) is 0.308. The lowest BCUT2D eigenvalue weighted by Crippen LogP contribution is -2.32. The summed E-state index contributed by atoms with van der Waals surface area (Å²) in [5.41, 5.74) is 0. The normalized spacial score (nSPS) is 11.9. The van der Waals surface area contributed by atoms with Gasteiger partial charge in [0, 0.05) is 0 Å². The summed E-state index contributed by atoms with van der Waals surface area (Å²) < 4.78 is 5.63. The smallest absolute Gasteiger partial charge is 0.267 e. The average molecular weight is 295 g/mol. The zero-order chi connectivity index (χ0) is 14.5. The number of aromatic nitrogens is 3. The number of aromatic amines is 1. The van der Waals surface area contributed by atoms with Crippen molar-refractivity contribution in [2.75, 3.05) is 5.32 Å². The molecule has 0 spiro atoms. The Morgan fingerprint density at radius 1 is 1.50 bits per heavy atom. The third kappa shape index (κ3) is 3.48. The Balaban J connectivity index is 2.04. The number of H-pyrrole nitrogens is 1. The molecule has 2 N–H and O–H groups in total. The molecule has 1 heterocycles. The second-order valence-electron chi connectivity index (χ2n) is 4.18. The van der Waals surface area contributed by atoms with Crippen molar-refractivity contribution in [3.05, 3.63) is 35.1 Å². The molecule has 1 atom stereocenters. The van der Waals surface area contributed by atoms with Crippen LogP contribution in [0.15, 0.2) is 24.3 Å². The van der Waals surface area contributed by atoms with Crippen molar-refractivity contribution in [2.45, 2.75) is 26.4 Å². The van der Waals surface area contributed by atoms with Gasteiger partial charge in [0.25, 0.3) is 5.91 Å². The van der Waals surface area contributed by atoms with Crippen LogP contribution >= 0.6 is 11.6 Å². The number of halogens is 1. The van der Waals surface area contributed by atoms with Gasteiger partial charge in [0.05, 0.1) is 5.02 Å². The molecule has 1 aromatic carbocycles. The minimum absolute atomic E-state index is 0.230. The highest BCUT2D eigenvalue weighted by atomic mass is 35.5. The van der Waals surface area contributed by atoms with Gasteiger partial charge in [-0.1, -0.05) is 30.7 Å². The first-order valence-electron chi connectivity index (χ1n) is 6.21. The Morgan fingerprint density at radius 3 is 2.85 bits per heavy atom. The molecule has 7 heteroatoms. The zero-order valence-corrected chi connectivity index (χ0v) is 11.9. The van der Waals surface area contributed by atoms with Crippen molar-refractivity contribution in [3.63, 3.8) is 0 Å². The van der Waals surface area contributed by atoms with E-state index in [1.807, 2.05) is 6.92 Å². The van der Waals surface area contributed by atoms with Gasteiger partial charge in [-0.3, -0.25) is 15.2 Å². The maximum absolute atomic E-state index is 12.1. The van der Waals surface area contributed by atoms with Gasteiger partial charge in [-0.25, -0.2) is 0 Å². The van der Waals surface area contributed by atoms with E-state index in [4.69, 9.17) is 16.3 Å². The fourth-order valence-corrected chi connectivity index (χ4v) is 1.79. The van der Waals surface area contributed by atoms with E-state index in [9.17, 15) is 4.79 Å². The van der Waals surface area contributed by atoms with Crippen LogP contribution in [0.1, 0.15) is 19.2 Å². The van der Waals surface area contributed by atoms with E-state index in [0.717, 1.165) is 0 Å². The molecule has 1 unspecified atom stereocenters. The number of carbonyl (C=O) groups excluding carboxylic acids is 1. The Labute approximate surface area is 121 Å². The first kappa shape index (κ1) is 14.3. The van der Waals surface area contributed by atoms with Gasteiger partial charge in [-0.05, 0) is 25.5 Å². The van der Waals surface area contributed by atoms with Gasteiger partial charge in [0.1, 0.15) is 11.6 Å². The predicted molar refractivity (Wildman–Crippen MR) is 75.9 cm³/mol. The van der Waals surface area contributed by atoms with E-state index in [1.165, 1.54) is 0 Å². The van der Waals surface area contributed by atoms with Gasteiger partial charge < -0.3 is 4.74 Å². The van der Waals surface area contributed by atoms with Crippen LogP contribution in [0.2, 0.25) is 5.02 Å². The molecule has 20 heavy (non-hydrogen) atoms. The van der Waals surface area contributed by atoms with Crippen molar-refractivity contribution in [3.8, 4) is 5.75 Å². The third-order valence-electron chi connectivity index (χ3n) is 2.60. The first-order valence-corrected chi connectivity index (χ1v) is 6.59. The lowest BCUT2D eigenvalue weighted by Gasteiger charge is -2.16. The Kier molecular flexibility index (Phi) is 4.57. The molecule has 1 aromatic heterocycles. The summed E-state index contributed by atoms with van der Waals surface area (Å²) in [6, 6.07) is 7.02. The number of ether oxygens (including phenoxy) is 1. The second-order valence-corrected chi connectivity index (χ2v) is 4.59. The van der Waals surface area contributed by atoms with Crippen molar-refractivity contribution < 1.29 is 9.53 Å². The van der Waals surface area contributed by atoms with Crippen LogP contribution in [-0.4, -0.2) is 27.2 Å². The molecule has 1 amide bonds. The average Bonchev–Trinajstić information content (AvgIpc) is 2.83. The predicted octanol–water partition coefficient (Wildman–Crippen LogP) is 2.56. The molecule has 0 aliphatic carbocycles. The van der Waals surface area contributed by atoms with Crippen molar-refractivity contribution in [1.82, 2.24) is 15.2 Å². The minimum atomic E-state index is -0.659. The van der Waals surface area contributed by atoms with Crippen LogP contribution in [0.4, 0.5) is 5.95 Å². The Hall–Kier alpha value is -2.08. The van der Waals surface area contributed by atoms with Gasteiger partial charge in [-0.2, -0.15) is 4.98 Å². The summed E-state index contributed by atoms with van der Waals surface area (Å²) in [7, 11) is 0. The third-order valence-corrected chi connectivity index (χ3v) is 2.91. The standard InChI is InChI=1S/C13H15ClN4O2/c1-3-10(20-11-7-5-4-6-9(11)14)12(19)16-13-15-8(2)17-18-13/h4-7,10H,3H2,1-2H3,(H2,15,16,17,18,19). The number of carbonyl (C=O) groups is 1. The minimum Gasteiger partial charge on any atom is -0.479 e. The molecular formula is C13H15ClN4O2. The highest BCUT2D eigenvalue weighted by molar-refractivity contribution is 6.32. The number of nitrogens with one attached hydrogen (secondary N) is 2. The highest BCUT2D eigenvalue weighted by Gasteiger charge is 2.20. The van der Waals surface area contributed by atoms with E-state index in [2.05, 4.69) is 20.5 Å². The van der Waals surface area contributed by atoms with Crippen LogP contribution in [0.3, 0.4) is 0 Å².